The number of nitrogens with two attached hydrogens (primary N) is 1. The molecule has 0 aliphatic carbocycles. The van der Waals surface area contributed by atoms with Gasteiger partial charge in [0, 0.05) is 15.6 Å². The van der Waals surface area contributed by atoms with Crippen LogP contribution in [0.25, 0.3) is 22.4 Å². The summed E-state index contributed by atoms with van der Waals surface area (Å²) in [5, 5.41) is 4.76. The van der Waals surface area contributed by atoms with Crippen LogP contribution in [0.5, 0.6) is 0 Å². The maximum absolute atomic E-state index is 14.1. The lowest BCUT2D eigenvalue weighted by Gasteiger charge is -2.04. The second-order valence-electron chi connectivity index (χ2n) is 4.40. The van der Waals surface area contributed by atoms with Crippen molar-refractivity contribution in [1.29, 1.82) is 0 Å². The molecule has 0 radical (unpaired) electrons. The third-order valence-corrected chi connectivity index (χ3v) is 3.52. The SMILES string of the molecule is Nc1onc(-c2ccc(Cl)cc2F)c1-c1ccc(Cl)cc1. The topological polar surface area (TPSA) is 52.0 Å². The Bertz CT molecular complexity index is 800. The van der Waals surface area contributed by atoms with Crippen molar-refractivity contribution in [3.05, 3.63) is 58.3 Å². The molecule has 0 aliphatic rings. The van der Waals surface area contributed by atoms with E-state index in [1.165, 1.54) is 12.1 Å². The Morgan fingerprint density at radius 2 is 1.67 bits per heavy atom. The number of halogens is 3. The molecular weight excluding hydrogens is 314 g/mol. The maximum Gasteiger partial charge on any atom is 0.230 e. The van der Waals surface area contributed by atoms with Gasteiger partial charge in [-0.2, -0.15) is 0 Å². The van der Waals surface area contributed by atoms with Crippen LogP contribution < -0.4 is 5.73 Å². The summed E-state index contributed by atoms with van der Waals surface area (Å²) in [6.07, 6.45) is 0. The van der Waals surface area contributed by atoms with Gasteiger partial charge < -0.3 is 10.3 Å². The van der Waals surface area contributed by atoms with Gasteiger partial charge in [0.05, 0.1) is 5.56 Å². The van der Waals surface area contributed by atoms with Crippen LogP contribution in [0, 0.1) is 5.82 Å². The summed E-state index contributed by atoms with van der Waals surface area (Å²) < 4.78 is 19.1. The molecule has 0 atom stereocenters. The quantitative estimate of drug-likeness (QED) is 0.719. The molecule has 0 unspecified atom stereocenters. The van der Waals surface area contributed by atoms with E-state index in [0.717, 1.165) is 5.56 Å². The van der Waals surface area contributed by atoms with Crippen molar-refractivity contribution in [2.24, 2.45) is 0 Å². The maximum atomic E-state index is 14.1. The number of benzene rings is 2. The number of aromatic nitrogens is 1. The first kappa shape index (κ1) is 13.9. The molecule has 0 spiro atoms. The number of nitrogens with zero attached hydrogens (tertiary/aromatic N) is 1. The zero-order valence-corrected chi connectivity index (χ0v) is 12.1. The summed E-state index contributed by atoms with van der Waals surface area (Å²) in [5.41, 5.74) is 7.67. The Morgan fingerprint density at radius 3 is 2.33 bits per heavy atom. The lowest BCUT2D eigenvalue weighted by Crippen LogP contribution is -1.90. The van der Waals surface area contributed by atoms with Crippen molar-refractivity contribution in [3.8, 4) is 22.4 Å². The first-order chi connectivity index (χ1) is 10.1. The van der Waals surface area contributed by atoms with Gasteiger partial charge in [0.15, 0.2) is 0 Å². The van der Waals surface area contributed by atoms with Gasteiger partial charge in [0.25, 0.3) is 0 Å². The van der Waals surface area contributed by atoms with Gasteiger partial charge in [-0.25, -0.2) is 4.39 Å². The van der Waals surface area contributed by atoms with Crippen LogP contribution in [-0.2, 0) is 0 Å². The second kappa shape index (κ2) is 5.39. The third kappa shape index (κ3) is 2.60. The monoisotopic (exact) mass is 322 g/mol. The Hall–Kier alpha value is -2.04. The fraction of sp³-hybridized carbons (Fsp3) is 0. The molecule has 3 rings (SSSR count). The molecule has 21 heavy (non-hydrogen) atoms. The normalized spacial score (nSPS) is 10.8. The van der Waals surface area contributed by atoms with Crippen LogP contribution in [0.3, 0.4) is 0 Å². The molecule has 6 heteroatoms. The van der Waals surface area contributed by atoms with E-state index in [0.29, 0.717) is 21.3 Å². The molecule has 0 bridgehead atoms. The van der Waals surface area contributed by atoms with Gasteiger partial charge in [-0.05, 0) is 35.9 Å². The Morgan fingerprint density at radius 1 is 1.00 bits per heavy atom. The lowest BCUT2D eigenvalue weighted by molar-refractivity contribution is 0.439. The number of hydrogen-bond acceptors (Lipinski definition) is 3. The van der Waals surface area contributed by atoms with Crippen molar-refractivity contribution in [2.75, 3.05) is 5.73 Å². The molecule has 0 fully saturated rings. The molecular formula is C15H9Cl2FN2O. The minimum atomic E-state index is -0.494. The second-order valence-corrected chi connectivity index (χ2v) is 5.27. The van der Waals surface area contributed by atoms with Crippen molar-refractivity contribution in [1.82, 2.24) is 5.16 Å². The number of anilines is 1. The van der Waals surface area contributed by atoms with Gasteiger partial charge >= 0.3 is 0 Å². The third-order valence-electron chi connectivity index (χ3n) is 3.04. The Balaban J connectivity index is 2.19. The zero-order valence-electron chi connectivity index (χ0n) is 10.6. The number of rotatable bonds is 2. The van der Waals surface area contributed by atoms with Crippen LogP contribution in [0.1, 0.15) is 0 Å². The van der Waals surface area contributed by atoms with Crippen LogP contribution in [0.15, 0.2) is 47.0 Å². The fourth-order valence-corrected chi connectivity index (χ4v) is 2.35. The van der Waals surface area contributed by atoms with E-state index in [4.69, 9.17) is 33.5 Å². The predicted molar refractivity (Wildman–Crippen MR) is 81.8 cm³/mol. The summed E-state index contributed by atoms with van der Waals surface area (Å²) in [5.74, 6) is -0.382. The van der Waals surface area contributed by atoms with E-state index in [2.05, 4.69) is 5.16 Å². The van der Waals surface area contributed by atoms with Gasteiger partial charge in [-0.1, -0.05) is 40.5 Å². The predicted octanol–water partition coefficient (Wildman–Crippen LogP) is 5.04. The van der Waals surface area contributed by atoms with Crippen LogP contribution >= 0.6 is 23.2 Å². The molecule has 3 nitrogen and oxygen atoms in total. The van der Waals surface area contributed by atoms with Gasteiger partial charge in [0.2, 0.25) is 5.88 Å². The van der Waals surface area contributed by atoms with Crippen molar-refractivity contribution in [3.63, 3.8) is 0 Å². The van der Waals surface area contributed by atoms with Crippen molar-refractivity contribution < 1.29 is 8.91 Å². The summed E-state index contributed by atoms with van der Waals surface area (Å²) in [6.45, 7) is 0. The molecule has 0 saturated carbocycles. The lowest BCUT2D eigenvalue weighted by atomic mass is 10.0. The molecule has 2 aromatic carbocycles. The van der Waals surface area contributed by atoms with Crippen LogP contribution in [0.4, 0.5) is 10.3 Å². The zero-order chi connectivity index (χ0) is 15.0. The average molecular weight is 323 g/mol. The molecule has 3 aromatic rings. The minimum Gasteiger partial charge on any atom is -0.367 e. The van der Waals surface area contributed by atoms with E-state index < -0.39 is 5.82 Å². The first-order valence-electron chi connectivity index (χ1n) is 6.03. The van der Waals surface area contributed by atoms with E-state index in [1.807, 2.05) is 0 Å². The smallest absolute Gasteiger partial charge is 0.230 e. The standard InChI is InChI=1S/C15H9Cl2FN2O/c16-9-3-1-8(2-4-9)13-14(20-21-15(13)19)11-6-5-10(17)7-12(11)18/h1-7H,19H2. The average Bonchev–Trinajstić information content (AvgIpc) is 2.82. The van der Waals surface area contributed by atoms with E-state index in [9.17, 15) is 4.39 Å². The van der Waals surface area contributed by atoms with Crippen molar-refractivity contribution in [2.45, 2.75) is 0 Å². The van der Waals surface area contributed by atoms with Gasteiger partial charge in [-0.3, -0.25) is 0 Å². The molecule has 2 N–H and O–H groups in total. The summed E-state index contributed by atoms with van der Waals surface area (Å²) in [4.78, 5) is 0. The van der Waals surface area contributed by atoms with Gasteiger partial charge in [-0.15, -0.1) is 0 Å². The molecule has 0 aliphatic heterocycles. The highest BCUT2D eigenvalue weighted by atomic mass is 35.5. The largest absolute Gasteiger partial charge is 0.367 e. The molecule has 1 aromatic heterocycles. The highest BCUT2D eigenvalue weighted by Gasteiger charge is 2.20. The Kier molecular flexibility index (Phi) is 3.57. The molecule has 1 heterocycles. The van der Waals surface area contributed by atoms with E-state index in [1.54, 1.807) is 30.3 Å². The van der Waals surface area contributed by atoms with Crippen LogP contribution in [-0.4, -0.2) is 5.16 Å². The van der Waals surface area contributed by atoms with Crippen molar-refractivity contribution >= 4 is 29.1 Å². The number of nitrogen functional groups attached to an aromatic ring is 1. The highest BCUT2D eigenvalue weighted by molar-refractivity contribution is 6.31. The summed E-state index contributed by atoms with van der Waals surface area (Å²) in [6, 6.07) is 11.3. The highest BCUT2D eigenvalue weighted by Crippen LogP contribution is 2.37. The summed E-state index contributed by atoms with van der Waals surface area (Å²) >= 11 is 11.6. The first-order valence-corrected chi connectivity index (χ1v) is 6.78. The Labute approximate surface area is 130 Å². The minimum absolute atomic E-state index is 0.113. The van der Waals surface area contributed by atoms with Crippen LogP contribution in [0.2, 0.25) is 10.0 Å². The molecule has 0 amide bonds. The molecule has 106 valence electrons. The fourth-order valence-electron chi connectivity index (χ4n) is 2.06. The van der Waals surface area contributed by atoms with Gasteiger partial charge in [0.1, 0.15) is 11.5 Å². The summed E-state index contributed by atoms with van der Waals surface area (Å²) in [7, 11) is 0. The number of hydrogen-bond donors (Lipinski definition) is 1. The van der Waals surface area contributed by atoms with E-state index >= 15 is 0 Å². The van der Waals surface area contributed by atoms with E-state index in [-0.39, 0.29) is 11.4 Å². The molecule has 0 saturated heterocycles.